The Balaban J connectivity index is 1.07. The maximum atomic E-state index is 4.72. The molecule has 0 saturated heterocycles. The summed E-state index contributed by atoms with van der Waals surface area (Å²) in [5.41, 5.74) is 4.60. The van der Waals surface area contributed by atoms with Crippen LogP contribution in [0.4, 0.5) is 0 Å². The molecule has 5 aromatic rings. The van der Waals surface area contributed by atoms with Gasteiger partial charge in [-0.15, -0.1) is 0 Å². The van der Waals surface area contributed by atoms with E-state index in [1.54, 1.807) is 0 Å². The Kier molecular flexibility index (Phi) is 9.32. The van der Waals surface area contributed by atoms with Crippen molar-refractivity contribution < 1.29 is 0 Å². The third-order valence-electron chi connectivity index (χ3n) is 6.47. The number of hydrogen-bond donors (Lipinski definition) is 0. The maximum absolute atomic E-state index is 4.72. The van der Waals surface area contributed by atoms with Crippen LogP contribution in [0.25, 0.3) is 22.1 Å². The van der Waals surface area contributed by atoms with E-state index in [9.17, 15) is 0 Å². The van der Waals surface area contributed by atoms with Crippen molar-refractivity contribution in [3.8, 4) is 0 Å². The molecule has 0 amide bonds. The zero-order chi connectivity index (χ0) is 24.4. The summed E-state index contributed by atoms with van der Waals surface area (Å²) in [6.07, 6.45) is 11.6. The van der Waals surface area contributed by atoms with Gasteiger partial charge in [0.25, 0.3) is 0 Å². The molecule has 0 aliphatic rings. The third kappa shape index (κ3) is 6.89. The zero-order valence-corrected chi connectivity index (χ0v) is 24.2. The van der Waals surface area contributed by atoms with Gasteiger partial charge in [0.15, 0.2) is 0 Å². The zero-order valence-electron chi connectivity index (χ0n) is 20.8. The molecule has 2 heterocycles. The molecule has 3 aromatic carbocycles. The summed E-state index contributed by atoms with van der Waals surface area (Å²) in [7, 11) is 0. The average molecular weight is 609 g/mol. The van der Waals surface area contributed by atoms with Crippen LogP contribution in [0.15, 0.2) is 85.5 Å². The van der Waals surface area contributed by atoms with Gasteiger partial charge in [-0.25, -0.2) is 0 Å². The Bertz CT molecular complexity index is 1240. The van der Waals surface area contributed by atoms with Crippen LogP contribution in [0.3, 0.4) is 0 Å². The van der Waals surface area contributed by atoms with E-state index in [0.717, 1.165) is 24.1 Å². The second-order valence-corrected chi connectivity index (χ2v) is 14.1. The van der Waals surface area contributed by atoms with Crippen molar-refractivity contribution in [1.29, 1.82) is 0 Å². The Labute approximate surface area is 226 Å². The minimum absolute atomic E-state index is 0.607. The fourth-order valence-electron chi connectivity index (χ4n) is 4.50. The number of rotatable bonds is 14. The molecular formula is C30H34N4Se2. The number of aromatic nitrogens is 4. The van der Waals surface area contributed by atoms with Crippen LogP contribution in [-0.2, 0) is 13.1 Å². The van der Waals surface area contributed by atoms with Gasteiger partial charge in [0.2, 0.25) is 0 Å². The van der Waals surface area contributed by atoms with E-state index in [2.05, 4.69) is 81.9 Å². The summed E-state index contributed by atoms with van der Waals surface area (Å²) in [6, 6.07) is 26.3. The summed E-state index contributed by atoms with van der Waals surface area (Å²) < 4.78 is 7.64. The van der Waals surface area contributed by atoms with E-state index in [0.29, 0.717) is 29.9 Å². The Morgan fingerprint density at radius 3 is 1.42 bits per heavy atom. The van der Waals surface area contributed by atoms with Crippen LogP contribution in [0.5, 0.6) is 0 Å². The molecule has 0 radical (unpaired) electrons. The van der Waals surface area contributed by atoms with E-state index in [-0.39, 0.29) is 0 Å². The molecule has 5 rings (SSSR count). The summed E-state index contributed by atoms with van der Waals surface area (Å²) in [6.45, 7) is 2.07. The molecule has 0 N–H and O–H groups in total. The fraction of sp³-hybridized carbons (Fsp3) is 0.333. The van der Waals surface area contributed by atoms with Crippen LogP contribution in [0.2, 0.25) is 10.6 Å². The predicted molar refractivity (Wildman–Crippen MR) is 154 cm³/mol. The van der Waals surface area contributed by atoms with Crippen LogP contribution in [0.1, 0.15) is 38.5 Å². The van der Waals surface area contributed by atoms with E-state index < -0.39 is 0 Å². The molecule has 0 atom stereocenters. The molecule has 0 aliphatic heterocycles. The molecule has 0 saturated carbocycles. The van der Waals surface area contributed by atoms with E-state index in [1.807, 2.05) is 12.7 Å². The molecule has 0 aliphatic carbocycles. The third-order valence-corrected chi connectivity index (χ3v) is 11.1. The van der Waals surface area contributed by atoms with E-state index >= 15 is 0 Å². The van der Waals surface area contributed by atoms with Crippen LogP contribution in [-0.4, -0.2) is 49.0 Å². The van der Waals surface area contributed by atoms with Gasteiger partial charge in [0.05, 0.1) is 0 Å². The number of hydrogen-bond acceptors (Lipinski definition) is 2. The van der Waals surface area contributed by atoms with Gasteiger partial charge < -0.3 is 0 Å². The molecule has 0 spiro atoms. The van der Waals surface area contributed by atoms with Gasteiger partial charge in [0.1, 0.15) is 0 Å². The first-order valence-corrected chi connectivity index (χ1v) is 17.2. The van der Waals surface area contributed by atoms with Crippen molar-refractivity contribution >= 4 is 60.9 Å². The van der Waals surface area contributed by atoms with Crippen molar-refractivity contribution in [2.75, 3.05) is 0 Å². The van der Waals surface area contributed by atoms with Gasteiger partial charge in [-0.1, -0.05) is 0 Å². The van der Waals surface area contributed by atoms with E-state index in [1.165, 1.54) is 69.1 Å². The number of aryl methyl sites for hydroxylation is 2. The van der Waals surface area contributed by atoms with E-state index in [4.69, 9.17) is 9.97 Å². The topological polar surface area (TPSA) is 35.6 Å². The predicted octanol–water partition coefficient (Wildman–Crippen LogP) is 5.62. The second kappa shape index (κ2) is 13.3. The molecule has 6 heteroatoms. The summed E-state index contributed by atoms with van der Waals surface area (Å²) in [5, 5.41) is 2.65. The van der Waals surface area contributed by atoms with Crippen molar-refractivity contribution in [2.24, 2.45) is 0 Å². The van der Waals surface area contributed by atoms with Gasteiger partial charge in [-0.05, 0) is 0 Å². The van der Waals surface area contributed by atoms with Gasteiger partial charge in [-0.2, -0.15) is 0 Å². The molecule has 0 unspecified atom stereocenters. The van der Waals surface area contributed by atoms with Gasteiger partial charge in [0, 0.05) is 0 Å². The van der Waals surface area contributed by atoms with Crippen LogP contribution >= 0.6 is 0 Å². The normalized spacial score (nSPS) is 11.6. The van der Waals surface area contributed by atoms with Crippen LogP contribution < -0.4 is 8.92 Å². The fourth-order valence-corrected chi connectivity index (χ4v) is 8.42. The monoisotopic (exact) mass is 610 g/mol. The van der Waals surface area contributed by atoms with Crippen LogP contribution in [0, 0.1) is 0 Å². The summed E-state index contributed by atoms with van der Waals surface area (Å²) in [5.74, 6) is 0. The quantitative estimate of drug-likeness (QED) is 0.121. The Morgan fingerprint density at radius 1 is 0.528 bits per heavy atom. The molecule has 186 valence electrons. The second-order valence-electron chi connectivity index (χ2n) is 9.15. The number of nitrogens with zero attached hydrogens (tertiary/aromatic N) is 4. The minimum atomic E-state index is 0.607. The first-order valence-electron chi connectivity index (χ1n) is 13.0. The molecule has 36 heavy (non-hydrogen) atoms. The Hall–Kier alpha value is -2.36. The van der Waals surface area contributed by atoms with Crippen molar-refractivity contribution in [3.05, 3.63) is 85.5 Å². The molecule has 4 nitrogen and oxygen atoms in total. The number of unbranched alkanes of at least 4 members (excludes halogenated alkanes) is 4. The molecule has 0 bridgehead atoms. The van der Waals surface area contributed by atoms with Gasteiger partial charge in [-0.3, -0.25) is 0 Å². The molecular weight excluding hydrogens is 574 g/mol. The van der Waals surface area contributed by atoms with Crippen molar-refractivity contribution in [3.63, 3.8) is 0 Å². The standard InChI is InChI=1S/C30H34N4Se2/c1-5-13-25(14-6-1)35-19-11-3-9-17-33-23-31-27-22-30-28(21-29(27)33)32-24-34(30)18-10-4-12-20-36-26-15-7-2-8-16-26/h1-2,5-8,13-16,21-24H,3-4,9-12,17-20H2. The number of fused-ring (bicyclic) bond motifs is 2. The average Bonchev–Trinajstić information content (AvgIpc) is 3.51. The number of imidazole rings is 2. The van der Waals surface area contributed by atoms with Gasteiger partial charge >= 0.3 is 228 Å². The summed E-state index contributed by atoms with van der Waals surface area (Å²) in [4.78, 5) is 9.44. The Morgan fingerprint density at radius 2 is 0.972 bits per heavy atom. The van der Waals surface area contributed by atoms with Crippen molar-refractivity contribution in [2.45, 2.75) is 62.3 Å². The first kappa shape index (κ1) is 25.3. The molecule has 0 fully saturated rings. The summed E-state index contributed by atoms with van der Waals surface area (Å²) >= 11 is 1.21. The number of benzene rings is 3. The SMILES string of the molecule is c1ccc([Se]CCCCCn2cnc3cc4c(cc32)ncn4CCCCC[Se]c2ccccc2)cc1. The molecule has 2 aromatic heterocycles. The first-order chi connectivity index (χ1) is 17.9. The van der Waals surface area contributed by atoms with Crippen molar-refractivity contribution in [1.82, 2.24) is 19.1 Å².